The number of rotatable bonds is 5. The predicted octanol–water partition coefficient (Wildman–Crippen LogP) is 2.45. The van der Waals surface area contributed by atoms with Gasteiger partial charge in [0.25, 0.3) is 0 Å². The standard InChI is InChI=1S/C15H22N6S.HI/c1-10-7-13(10)18-15(16-8-12-5-4-6-22-12)17-9-14-20-19-11(2)21(14)3;/h4-6,10,13H,7-9H2,1-3H3,(H2,16,17,18);1H. The first-order valence-electron chi connectivity index (χ1n) is 7.55. The van der Waals surface area contributed by atoms with Crippen molar-refractivity contribution in [2.45, 2.75) is 39.4 Å². The molecule has 1 aliphatic carbocycles. The smallest absolute Gasteiger partial charge is 0.192 e. The Balaban J connectivity index is 0.00000192. The van der Waals surface area contributed by atoms with Gasteiger partial charge in [0.1, 0.15) is 12.4 Å². The maximum atomic E-state index is 4.66. The quantitative estimate of drug-likeness (QED) is 0.421. The largest absolute Gasteiger partial charge is 0.353 e. The first-order valence-corrected chi connectivity index (χ1v) is 8.43. The third-order valence-corrected chi connectivity index (χ3v) is 4.88. The fourth-order valence-corrected chi connectivity index (χ4v) is 2.82. The number of guanidine groups is 1. The van der Waals surface area contributed by atoms with E-state index in [1.165, 1.54) is 11.3 Å². The molecule has 2 aromatic rings. The van der Waals surface area contributed by atoms with Gasteiger partial charge in [-0.1, -0.05) is 13.0 Å². The van der Waals surface area contributed by atoms with Crippen molar-refractivity contribution in [2.75, 3.05) is 0 Å². The average Bonchev–Trinajstić information content (AvgIpc) is 2.91. The van der Waals surface area contributed by atoms with Crippen molar-refractivity contribution in [3.63, 3.8) is 0 Å². The number of aliphatic imine (C=N–C) groups is 1. The van der Waals surface area contributed by atoms with Crippen LogP contribution >= 0.6 is 35.3 Å². The van der Waals surface area contributed by atoms with Gasteiger partial charge >= 0.3 is 0 Å². The average molecular weight is 446 g/mol. The van der Waals surface area contributed by atoms with Crippen molar-refractivity contribution in [1.29, 1.82) is 0 Å². The van der Waals surface area contributed by atoms with Crippen molar-refractivity contribution in [3.8, 4) is 0 Å². The maximum Gasteiger partial charge on any atom is 0.192 e. The molecule has 0 aromatic carbocycles. The molecule has 1 saturated carbocycles. The van der Waals surface area contributed by atoms with E-state index in [4.69, 9.17) is 0 Å². The Hall–Kier alpha value is -1.16. The molecular formula is C15H23IN6S. The summed E-state index contributed by atoms with van der Waals surface area (Å²) in [5.41, 5.74) is 0. The highest BCUT2D eigenvalue weighted by molar-refractivity contribution is 14.0. The fourth-order valence-electron chi connectivity index (χ4n) is 2.17. The Morgan fingerprint density at radius 2 is 2.26 bits per heavy atom. The van der Waals surface area contributed by atoms with Crippen LogP contribution in [0.25, 0.3) is 0 Å². The molecule has 2 N–H and O–H groups in total. The van der Waals surface area contributed by atoms with E-state index in [1.807, 2.05) is 18.5 Å². The summed E-state index contributed by atoms with van der Waals surface area (Å²) in [4.78, 5) is 5.96. The second-order valence-corrected chi connectivity index (χ2v) is 6.82. The first-order chi connectivity index (χ1) is 10.6. The highest BCUT2D eigenvalue weighted by Gasteiger charge is 2.33. The van der Waals surface area contributed by atoms with Crippen LogP contribution in [0.3, 0.4) is 0 Å². The number of thiophene rings is 1. The van der Waals surface area contributed by atoms with Crippen LogP contribution in [0.1, 0.15) is 29.9 Å². The minimum Gasteiger partial charge on any atom is -0.353 e. The van der Waals surface area contributed by atoms with E-state index in [0.717, 1.165) is 30.1 Å². The Labute approximate surface area is 157 Å². The van der Waals surface area contributed by atoms with E-state index >= 15 is 0 Å². The van der Waals surface area contributed by atoms with E-state index < -0.39 is 0 Å². The third-order valence-electron chi connectivity index (χ3n) is 4.00. The minimum atomic E-state index is 0. The maximum absolute atomic E-state index is 4.66. The molecular weight excluding hydrogens is 423 g/mol. The van der Waals surface area contributed by atoms with E-state index in [2.05, 4.69) is 50.3 Å². The molecule has 23 heavy (non-hydrogen) atoms. The number of hydrogen-bond donors (Lipinski definition) is 2. The van der Waals surface area contributed by atoms with Gasteiger partial charge in [0.05, 0.1) is 6.54 Å². The highest BCUT2D eigenvalue weighted by Crippen LogP contribution is 2.28. The summed E-state index contributed by atoms with van der Waals surface area (Å²) in [6.07, 6.45) is 1.21. The predicted molar refractivity (Wildman–Crippen MR) is 104 cm³/mol. The number of hydrogen-bond acceptors (Lipinski definition) is 4. The summed E-state index contributed by atoms with van der Waals surface area (Å²) in [6, 6.07) is 4.73. The highest BCUT2D eigenvalue weighted by atomic mass is 127. The lowest BCUT2D eigenvalue weighted by Gasteiger charge is -2.11. The molecule has 2 unspecified atom stereocenters. The van der Waals surface area contributed by atoms with Gasteiger partial charge in [-0.3, -0.25) is 0 Å². The van der Waals surface area contributed by atoms with Gasteiger partial charge in [-0.05, 0) is 30.7 Å². The second-order valence-electron chi connectivity index (χ2n) is 5.78. The lowest BCUT2D eigenvalue weighted by Crippen LogP contribution is -2.38. The Morgan fingerprint density at radius 3 is 2.83 bits per heavy atom. The monoisotopic (exact) mass is 446 g/mol. The van der Waals surface area contributed by atoms with Crippen LogP contribution in [0.4, 0.5) is 0 Å². The summed E-state index contributed by atoms with van der Waals surface area (Å²) < 4.78 is 1.97. The zero-order chi connectivity index (χ0) is 15.5. The SMILES string of the molecule is Cc1nnc(CN=C(NCc2cccs2)NC2CC2C)n1C.I. The third kappa shape index (κ3) is 4.90. The lowest BCUT2D eigenvalue weighted by atomic mass is 10.4. The minimum absolute atomic E-state index is 0. The summed E-state index contributed by atoms with van der Waals surface area (Å²) in [5.74, 6) is 3.36. The summed E-state index contributed by atoms with van der Waals surface area (Å²) in [7, 11) is 1.97. The van der Waals surface area contributed by atoms with Crippen molar-refractivity contribution in [1.82, 2.24) is 25.4 Å². The number of aryl methyl sites for hydroxylation is 1. The van der Waals surface area contributed by atoms with Gasteiger partial charge in [0, 0.05) is 18.0 Å². The summed E-state index contributed by atoms with van der Waals surface area (Å²) in [5, 5.41) is 17.2. The molecule has 0 aliphatic heterocycles. The molecule has 8 heteroatoms. The number of nitrogens with one attached hydrogen (secondary N) is 2. The Morgan fingerprint density at radius 1 is 1.48 bits per heavy atom. The molecule has 2 atom stereocenters. The molecule has 2 heterocycles. The molecule has 3 rings (SSSR count). The summed E-state index contributed by atoms with van der Waals surface area (Å²) in [6.45, 7) is 5.52. The van der Waals surface area contributed by atoms with E-state index in [-0.39, 0.29) is 24.0 Å². The lowest BCUT2D eigenvalue weighted by molar-refractivity contribution is 0.737. The van der Waals surface area contributed by atoms with Crippen LogP contribution in [0.15, 0.2) is 22.5 Å². The number of aromatic nitrogens is 3. The number of nitrogens with zero attached hydrogens (tertiary/aromatic N) is 4. The molecule has 0 amide bonds. The van der Waals surface area contributed by atoms with Gasteiger partial charge in [0.15, 0.2) is 11.8 Å². The van der Waals surface area contributed by atoms with Gasteiger partial charge in [-0.25, -0.2) is 4.99 Å². The van der Waals surface area contributed by atoms with Crippen LogP contribution < -0.4 is 10.6 Å². The zero-order valence-electron chi connectivity index (χ0n) is 13.6. The molecule has 126 valence electrons. The molecule has 0 bridgehead atoms. The van der Waals surface area contributed by atoms with E-state index in [0.29, 0.717) is 12.6 Å². The van der Waals surface area contributed by atoms with Gasteiger partial charge in [-0.15, -0.1) is 45.5 Å². The summed E-state index contributed by atoms with van der Waals surface area (Å²) >= 11 is 1.75. The molecule has 6 nitrogen and oxygen atoms in total. The van der Waals surface area contributed by atoms with Crippen LogP contribution in [-0.2, 0) is 20.1 Å². The van der Waals surface area contributed by atoms with Crippen molar-refractivity contribution < 1.29 is 0 Å². The first kappa shape index (κ1) is 18.2. The Bertz CT molecular complexity index is 651. The number of halogens is 1. The van der Waals surface area contributed by atoms with Crippen molar-refractivity contribution in [2.24, 2.45) is 18.0 Å². The molecule has 0 radical (unpaired) electrons. The Kier molecular flexibility index (Phi) is 6.40. The fraction of sp³-hybridized carbons (Fsp3) is 0.533. The molecule has 0 spiro atoms. The van der Waals surface area contributed by atoms with Crippen molar-refractivity contribution in [3.05, 3.63) is 34.0 Å². The topological polar surface area (TPSA) is 67.1 Å². The normalized spacial score (nSPS) is 20.0. The van der Waals surface area contributed by atoms with Crippen LogP contribution in [0.5, 0.6) is 0 Å². The molecule has 2 aromatic heterocycles. The second kappa shape index (κ2) is 8.09. The van der Waals surface area contributed by atoms with Gasteiger partial charge < -0.3 is 15.2 Å². The van der Waals surface area contributed by atoms with Crippen LogP contribution in [-0.4, -0.2) is 26.8 Å². The molecule has 1 aliphatic rings. The van der Waals surface area contributed by atoms with E-state index in [9.17, 15) is 0 Å². The molecule has 0 saturated heterocycles. The van der Waals surface area contributed by atoms with Gasteiger partial charge in [0.2, 0.25) is 0 Å². The van der Waals surface area contributed by atoms with Crippen LogP contribution in [0.2, 0.25) is 0 Å². The van der Waals surface area contributed by atoms with Gasteiger partial charge in [-0.2, -0.15) is 0 Å². The zero-order valence-corrected chi connectivity index (χ0v) is 16.8. The van der Waals surface area contributed by atoms with E-state index in [1.54, 1.807) is 11.3 Å². The van der Waals surface area contributed by atoms with Crippen molar-refractivity contribution >= 4 is 41.3 Å². The molecule has 1 fully saturated rings. The van der Waals surface area contributed by atoms with Crippen LogP contribution in [0, 0.1) is 12.8 Å².